The van der Waals surface area contributed by atoms with Crippen molar-refractivity contribution in [2.45, 2.75) is 23.5 Å². The summed E-state index contributed by atoms with van der Waals surface area (Å²) in [7, 11) is -4.23. The first-order valence-electron chi connectivity index (χ1n) is 8.47. The molecule has 3 rings (SSSR count). The summed E-state index contributed by atoms with van der Waals surface area (Å²) >= 11 is 1.27. The Morgan fingerprint density at radius 1 is 1.20 bits per heavy atom. The number of non-ortho nitro benzene ring substituents is 1. The van der Waals surface area contributed by atoms with E-state index < -0.39 is 19.8 Å². The number of benzene rings is 2. The number of nitrogens with one attached hydrogen (secondary N) is 1. The van der Waals surface area contributed by atoms with Crippen LogP contribution in [0, 0.1) is 10.1 Å². The zero-order chi connectivity index (χ0) is 21.9. The summed E-state index contributed by atoms with van der Waals surface area (Å²) in [6, 6.07) is 10.5. The number of amides is 1. The summed E-state index contributed by atoms with van der Waals surface area (Å²) in [6.45, 7) is 3.55. The van der Waals surface area contributed by atoms with E-state index in [9.17, 15) is 23.3 Å². The highest BCUT2D eigenvalue weighted by Crippen LogP contribution is 2.30. The number of carbonyl (C=O) groups excluding carboxylic acids is 1. The van der Waals surface area contributed by atoms with Crippen molar-refractivity contribution in [2.75, 3.05) is 0 Å². The van der Waals surface area contributed by atoms with Gasteiger partial charge in [0.05, 0.1) is 15.9 Å². The molecule has 1 aliphatic rings. The van der Waals surface area contributed by atoms with Gasteiger partial charge in [-0.05, 0) is 49.7 Å². The van der Waals surface area contributed by atoms with Gasteiger partial charge in [0, 0.05) is 12.1 Å². The average Bonchev–Trinajstić information content (AvgIpc) is 2.94. The fraction of sp³-hybridized carbons (Fsp3) is 0.167. The van der Waals surface area contributed by atoms with Crippen LogP contribution in [0.25, 0.3) is 0 Å². The van der Waals surface area contributed by atoms with Gasteiger partial charge in [0.1, 0.15) is 10.6 Å². The van der Waals surface area contributed by atoms with E-state index in [0.717, 1.165) is 6.07 Å². The van der Waals surface area contributed by atoms with Crippen molar-refractivity contribution >= 4 is 44.9 Å². The first-order valence-corrected chi connectivity index (χ1v) is 10.7. The van der Waals surface area contributed by atoms with Crippen LogP contribution < -0.4 is 9.50 Å². The van der Waals surface area contributed by atoms with E-state index in [-0.39, 0.29) is 22.2 Å². The molecule has 1 amide bonds. The Morgan fingerprint density at radius 2 is 1.90 bits per heavy atom. The third-order valence-electron chi connectivity index (χ3n) is 3.88. The van der Waals surface area contributed by atoms with Crippen LogP contribution in [0.5, 0.6) is 5.75 Å². The van der Waals surface area contributed by atoms with E-state index >= 15 is 0 Å². The first kappa shape index (κ1) is 21.5. The SMILES string of the molecule is CC1(C)S/C(=N/N=C/c2ccc(OS(=O)(=O)c3cccc([N+](=O)[O-])c3)cc2)NC1=O. The second-order valence-electron chi connectivity index (χ2n) is 6.58. The van der Waals surface area contributed by atoms with Crippen molar-refractivity contribution in [1.82, 2.24) is 5.32 Å². The molecule has 2 aromatic rings. The molecule has 156 valence electrons. The highest BCUT2D eigenvalue weighted by molar-refractivity contribution is 8.16. The van der Waals surface area contributed by atoms with Crippen molar-refractivity contribution < 1.29 is 22.3 Å². The van der Waals surface area contributed by atoms with Gasteiger partial charge in [-0.25, -0.2) is 0 Å². The van der Waals surface area contributed by atoms with Crippen molar-refractivity contribution in [3.63, 3.8) is 0 Å². The van der Waals surface area contributed by atoms with Crippen molar-refractivity contribution in [3.8, 4) is 5.75 Å². The third-order valence-corrected chi connectivity index (χ3v) is 6.19. The second-order valence-corrected chi connectivity index (χ2v) is 9.73. The van der Waals surface area contributed by atoms with Gasteiger partial charge in [-0.1, -0.05) is 17.8 Å². The lowest BCUT2D eigenvalue weighted by Crippen LogP contribution is -2.30. The average molecular weight is 448 g/mol. The molecular formula is C18H16N4O6S2. The molecule has 0 aliphatic carbocycles. The molecule has 1 heterocycles. The third kappa shape index (κ3) is 5.02. The number of hydrogen-bond acceptors (Lipinski definition) is 9. The van der Waals surface area contributed by atoms with Gasteiger partial charge in [0.2, 0.25) is 5.91 Å². The number of carbonyl (C=O) groups is 1. The van der Waals surface area contributed by atoms with E-state index in [0.29, 0.717) is 10.7 Å². The van der Waals surface area contributed by atoms with Crippen LogP contribution in [-0.4, -0.2) is 35.4 Å². The summed E-state index contributed by atoms with van der Waals surface area (Å²) in [5.41, 5.74) is 0.265. The van der Waals surface area contributed by atoms with E-state index in [1.807, 2.05) is 0 Å². The van der Waals surface area contributed by atoms with Crippen LogP contribution in [-0.2, 0) is 14.9 Å². The van der Waals surface area contributed by atoms with E-state index in [1.165, 1.54) is 48.3 Å². The molecule has 1 aliphatic heterocycles. The molecule has 2 aromatic carbocycles. The fourth-order valence-corrected chi connectivity index (χ4v) is 4.12. The molecule has 0 bridgehead atoms. The Balaban J connectivity index is 1.68. The molecule has 1 N–H and O–H groups in total. The lowest BCUT2D eigenvalue weighted by atomic mass is 10.2. The van der Waals surface area contributed by atoms with Gasteiger partial charge in [0.25, 0.3) is 5.69 Å². The molecule has 0 saturated carbocycles. The van der Waals surface area contributed by atoms with Crippen LogP contribution in [0.1, 0.15) is 19.4 Å². The van der Waals surface area contributed by atoms with E-state index in [4.69, 9.17) is 4.18 Å². The zero-order valence-corrected chi connectivity index (χ0v) is 17.4. The van der Waals surface area contributed by atoms with Crippen LogP contribution >= 0.6 is 11.8 Å². The standard InChI is InChI=1S/C18H16N4O6S2/c1-18(2)16(23)20-17(29-18)21-19-11-12-6-8-14(9-7-12)28-30(26,27)15-5-3-4-13(10-15)22(24)25/h3-11H,1-2H3,(H,20,21,23)/b19-11+. The number of amidine groups is 1. The van der Waals surface area contributed by atoms with Crippen LogP contribution in [0.15, 0.2) is 63.6 Å². The lowest BCUT2D eigenvalue weighted by molar-refractivity contribution is -0.385. The zero-order valence-electron chi connectivity index (χ0n) is 15.8. The highest BCUT2D eigenvalue weighted by Gasteiger charge is 2.38. The molecule has 0 atom stereocenters. The number of hydrogen-bond donors (Lipinski definition) is 1. The lowest BCUT2D eigenvalue weighted by Gasteiger charge is -2.08. The molecule has 1 saturated heterocycles. The number of rotatable bonds is 6. The van der Waals surface area contributed by atoms with Gasteiger partial charge in [-0.3, -0.25) is 14.9 Å². The molecule has 0 radical (unpaired) electrons. The topological polar surface area (TPSA) is 140 Å². The van der Waals surface area contributed by atoms with Crippen LogP contribution in [0.4, 0.5) is 5.69 Å². The molecule has 0 unspecified atom stereocenters. The Morgan fingerprint density at radius 3 is 2.50 bits per heavy atom. The normalized spacial score (nSPS) is 17.3. The van der Waals surface area contributed by atoms with Gasteiger partial charge in [-0.15, -0.1) is 5.10 Å². The number of thioether (sulfide) groups is 1. The van der Waals surface area contributed by atoms with Crippen molar-refractivity contribution in [2.24, 2.45) is 10.2 Å². The van der Waals surface area contributed by atoms with Gasteiger partial charge >= 0.3 is 10.1 Å². The fourth-order valence-electron chi connectivity index (χ4n) is 2.29. The second kappa shape index (κ2) is 8.24. The van der Waals surface area contributed by atoms with Gasteiger partial charge in [-0.2, -0.15) is 13.5 Å². The molecule has 10 nitrogen and oxygen atoms in total. The highest BCUT2D eigenvalue weighted by atomic mass is 32.2. The predicted octanol–water partition coefficient (Wildman–Crippen LogP) is 2.69. The van der Waals surface area contributed by atoms with E-state index in [1.54, 1.807) is 26.0 Å². The Bertz CT molecular complexity index is 1160. The molecule has 30 heavy (non-hydrogen) atoms. The molecule has 1 fully saturated rings. The van der Waals surface area contributed by atoms with Crippen LogP contribution in [0.2, 0.25) is 0 Å². The van der Waals surface area contributed by atoms with Crippen molar-refractivity contribution in [3.05, 3.63) is 64.2 Å². The molecular weight excluding hydrogens is 432 g/mol. The Labute approximate surface area is 176 Å². The maximum Gasteiger partial charge on any atom is 0.339 e. The molecule has 12 heteroatoms. The van der Waals surface area contributed by atoms with Gasteiger partial charge in [0.15, 0.2) is 5.17 Å². The quantitative estimate of drug-likeness (QED) is 0.310. The summed E-state index contributed by atoms with van der Waals surface area (Å²) < 4.78 is 29.1. The number of nitro groups is 1. The summed E-state index contributed by atoms with van der Waals surface area (Å²) in [5.74, 6) is -0.113. The van der Waals surface area contributed by atoms with E-state index in [2.05, 4.69) is 15.5 Å². The minimum atomic E-state index is -4.23. The summed E-state index contributed by atoms with van der Waals surface area (Å²) in [4.78, 5) is 21.5. The number of nitro benzene ring substituents is 1. The maximum absolute atomic E-state index is 12.3. The molecule has 0 aromatic heterocycles. The van der Waals surface area contributed by atoms with Crippen LogP contribution in [0.3, 0.4) is 0 Å². The molecule has 0 spiro atoms. The minimum Gasteiger partial charge on any atom is -0.379 e. The largest absolute Gasteiger partial charge is 0.379 e. The van der Waals surface area contributed by atoms with Gasteiger partial charge < -0.3 is 9.50 Å². The van der Waals surface area contributed by atoms with Crippen molar-refractivity contribution in [1.29, 1.82) is 0 Å². The summed E-state index contributed by atoms with van der Waals surface area (Å²) in [6.07, 6.45) is 1.43. The monoisotopic (exact) mass is 448 g/mol. The smallest absolute Gasteiger partial charge is 0.339 e. The Kier molecular flexibility index (Phi) is 5.89. The summed E-state index contributed by atoms with van der Waals surface area (Å²) in [5, 5.41) is 21.7. The Hall–Kier alpha value is -3.25. The maximum atomic E-state index is 12.3. The minimum absolute atomic E-state index is 0.0327. The predicted molar refractivity (Wildman–Crippen MR) is 112 cm³/mol. The first-order chi connectivity index (χ1) is 14.1. The number of nitrogens with zero attached hydrogens (tertiary/aromatic N) is 3.